The van der Waals surface area contributed by atoms with Crippen molar-refractivity contribution in [1.29, 1.82) is 0 Å². The van der Waals surface area contributed by atoms with E-state index < -0.39 is 34.2 Å². The van der Waals surface area contributed by atoms with Gasteiger partial charge in [-0.3, -0.25) is 9.59 Å². The zero-order chi connectivity index (χ0) is 32.6. The predicted molar refractivity (Wildman–Crippen MR) is 155 cm³/mol. The van der Waals surface area contributed by atoms with Gasteiger partial charge in [-0.15, -0.1) is 0 Å². The van der Waals surface area contributed by atoms with Crippen molar-refractivity contribution in [3.05, 3.63) is 29.8 Å². The van der Waals surface area contributed by atoms with E-state index >= 15 is 0 Å². The predicted octanol–water partition coefficient (Wildman–Crippen LogP) is 3.09. The molecule has 0 aromatic heterocycles. The molecule has 1 amide bonds. The van der Waals surface area contributed by atoms with Crippen LogP contribution in [0.1, 0.15) is 57.9 Å². The van der Waals surface area contributed by atoms with Crippen LogP contribution in [-0.2, 0) is 24.4 Å². The lowest BCUT2D eigenvalue weighted by atomic mass is 10.1. The lowest BCUT2D eigenvalue weighted by molar-refractivity contribution is -0.192. The summed E-state index contributed by atoms with van der Waals surface area (Å²) in [5, 5.41) is 23.0. The largest absolute Gasteiger partial charge is 0.490 e. The number of alkyl halides is 3. The summed E-state index contributed by atoms with van der Waals surface area (Å²) in [5.74, 6) is -4.04. The molecule has 246 valence electrons. The Balaban J connectivity index is 0.00000117. The molecule has 0 saturated carbocycles. The second kappa shape index (κ2) is 18.8. The van der Waals surface area contributed by atoms with Crippen LogP contribution in [0.25, 0.3) is 0 Å². The Bertz CT molecular complexity index is 1110. The second-order valence-electron chi connectivity index (χ2n) is 10.9. The smallest absolute Gasteiger partial charge is 0.480 e. The Morgan fingerprint density at radius 2 is 1.58 bits per heavy atom. The van der Waals surface area contributed by atoms with Crippen LogP contribution in [0.2, 0.25) is 0 Å². The number of hydrogen-bond donors (Lipinski definition) is 4. The minimum absolute atomic E-state index is 0.0335. The summed E-state index contributed by atoms with van der Waals surface area (Å²) in [4.78, 5) is 35.6. The molecule has 1 aliphatic rings. The molecule has 0 radical (unpaired) electrons. The number of sulfonamides is 1. The maximum absolute atomic E-state index is 13.3. The number of rotatable bonds is 16. The molecule has 1 aromatic rings. The van der Waals surface area contributed by atoms with Gasteiger partial charge in [0.2, 0.25) is 15.9 Å². The molecule has 1 aliphatic heterocycles. The van der Waals surface area contributed by atoms with Gasteiger partial charge in [0.25, 0.3) is 0 Å². The van der Waals surface area contributed by atoms with Crippen LogP contribution >= 0.6 is 0 Å². The Labute approximate surface area is 251 Å². The van der Waals surface area contributed by atoms with E-state index in [0.717, 1.165) is 36.0 Å². The number of carboxylic acid groups (broad SMARTS) is 2. The first-order valence-electron chi connectivity index (χ1n) is 14.4. The van der Waals surface area contributed by atoms with Crippen molar-refractivity contribution in [2.45, 2.75) is 76.4 Å². The second-order valence-corrected chi connectivity index (χ2v) is 12.8. The molecule has 1 fully saturated rings. The molecule has 2 rings (SSSR count). The number of hydrogen-bond acceptors (Lipinski definition) is 7. The molecule has 1 atom stereocenters. The average molecular weight is 639 g/mol. The van der Waals surface area contributed by atoms with Gasteiger partial charge < -0.3 is 25.7 Å². The number of carboxylic acids is 2. The van der Waals surface area contributed by atoms with Gasteiger partial charge in [-0.1, -0.05) is 38.0 Å². The molecule has 0 unspecified atom stereocenters. The Morgan fingerprint density at radius 3 is 2.09 bits per heavy atom. The third-order valence-electron chi connectivity index (χ3n) is 6.61. The number of amides is 1. The zero-order valence-electron chi connectivity index (χ0n) is 25.0. The maximum Gasteiger partial charge on any atom is 0.490 e. The molecule has 15 heteroatoms. The summed E-state index contributed by atoms with van der Waals surface area (Å²) < 4.78 is 59.5. The summed E-state index contributed by atoms with van der Waals surface area (Å²) in [6.07, 6.45) is -0.0529. The highest BCUT2D eigenvalue weighted by Gasteiger charge is 2.38. The molecule has 0 bridgehead atoms. The Kier molecular flexibility index (Phi) is 16.7. The molecular formula is C28H45F3N4O7S. The van der Waals surface area contributed by atoms with Gasteiger partial charge in [0, 0.05) is 26.2 Å². The number of benzene rings is 1. The van der Waals surface area contributed by atoms with Crippen LogP contribution in [-0.4, -0.2) is 104 Å². The van der Waals surface area contributed by atoms with Gasteiger partial charge in [-0.25, -0.2) is 13.2 Å². The highest BCUT2D eigenvalue weighted by atomic mass is 32.2. The molecule has 1 aromatic carbocycles. The van der Waals surface area contributed by atoms with Crippen LogP contribution in [0.3, 0.4) is 0 Å². The van der Waals surface area contributed by atoms with E-state index in [1.165, 1.54) is 31.4 Å². The van der Waals surface area contributed by atoms with E-state index in [1.807, 2.05) is 20.8 Å². The number of nitrogens with zero attached hydrogens (tertiary/aromatic N) is 2. The highest BCUT2D eigenvalue weighted by molar-refractivity contribution is 7.89. The lowest BCUT2D eigenvalue weighted by Gasteiger charge is -2.29. The number of halogens is 3. The number of aryl methyl sites for hydroxylation is 1. The molecule has 1 saturated heterocycles. The number of aliphatic carboxylic acids is 2. The highest BCUT2D eigenvalue weighted by Crippen LogP contribution is 2.23. The Hall–Kier alpha value is -2.75. The van der Waals surface area contributed by atoms with Crippen molar-refractivity contribution in [3.8, 4) is 0 Å². The molecule has 11 nitrogen and oxygen atoms in total. The molecule has 1 heterocycles. The number of likely N-dealkylation sites (tertiary alicyclic amines) is 1. The summed E-state index contributed by atoms with van der Waals surface area (Å²) in [7, 11) is -3.96. The normalized spacial score (nSPS) is 15.1. The summed E-state index contributed by atoms with van der Waals surface area (Å²) >= 11 is 0. The molecule has 0 aliphatic carbocycles. The zero-order valence-corrected chi connectivity index (χ0v) is 25.8. The molecule has 4 N–H and O–H groups in total. The van der Waals surface area contributed by atoms with E-state index in [4.69, 9.17) is 9.90 Å². The first-order chi connectivity index (χ1) is 20.1. The third-order valence-corrected chi connectivity index (χ3v) is 8.50. The molecule has 43 heavy (non-hydrogen) atoms. The minimum atomic E-state index is -5.08. The van der Waals surface area contributed by atoms with E-state index in [0.29, 0.717) is 19.4 Å². The van der Waals surface area contributed by atoms with Gasteiger partial charge >= 0.3 is 18.1 Å². The van der Waals surface area contributed by atoms with Crippen LogP contribution < -0.4 is 10.6 Å². The SMILES string of the molecule is Cc1ccc(S(=O)(=O)N(CC(C)C)[C@@H](CCCCNC(=O)CNCCN2CCCCC2)C(=O)O)cc1.O=C(O)C(F)(F)F. The first kappa shape index (κ1) is 38.3. The number of nitrogens with one attached hydrogen (secondary N) is 2. The Morgan fingerprint density at radius 1 is 1.00 bits per heavy atom. The van der Waals surface area contributed by atoms with E-state index in [9.17, 15) is 36.3 Å². The van der Waals surface area contributed by atoms with Crippen molar-refractivity contribution in [3.63, 3.8) is 0 Å². The quantitative estimate of drug-likeness (QED) is 0.200. The number of carbonyl (C=O) groups excluding carboxylic acids is 1. The fourth-order valence-corrected chi connectivity index (χ4v) is 6.14. The first-order valence-corrected chi connectivity index (χ1v) is 15.8. The number of piperidine rings is 1. The molecular weight excluding hydrogens is 593 g/mol. The van der Waals surface area contributed by atoms with E-state index in [1.54, 1.807) is 12.1 Å². The summed E-state index contributed by atoms with van der Waals surface area (Å²) in [5.41, 5.74) is 0.929. The summed E-state index contributed by atoms with van der Waals surface area (Å²) in [6.45, 7) is 10.4. The van der Waals surface area contributed by atoms with Crippen molar-refractivity contribution in [2.24, 2.45) is 5.92 Å². The standard InChI is InChI=1S/C26H44N4O5S.C2HF3O2/c1-21(2)20-30(36(34,35)23-12-10-22(3)11-13-23)24(26(32)33)9-5-6-14-28-25(31)19-27-15-18-29-16-7-4-8-17-29;3-2(4,5)1(6)7/h10-13,21,24,27H,4-9,14-20H2,1-3H3,(H,28,31)(H,32,33);(H,6,7)/t24-;/m0./s1. The van der Waals surface area contributed by atoms with Crippen LogP contribution in [0.5, 0.6) is 0 Å². The number of unbranched alkanes of at least 4 members (excludes halogenated alkanes) is 1. The maximum atomic E-state index is 13.3. The van der Waals surface area contributed by atoms with Gasteiger partial charge in [-0.05, 0) is 70.2 Å². The van der Waals surface area contributed by atoms with Gasteiger partial charge in [0.1, 0.15) is 6.04 Å². The van der Waals surface area contributed by atoms with E-state index in [2.05, 4.69) is 15.5 Å². The van der Waals surface area contributed by atoms with Gasteiger partial charge in [0.05, 0.1) is 11.4 Å². The average Bonchev–Trinajstić information content (AvgIpc) is 2.92. The molecule has 0 spiro atoms. The lowest BCUT2D eigenvalue weighted by Crippen LogP contribution is -2.46. The topological polar surface area (TPSA) is 156 Å². The van der Waals surface area contributed by atoms with Gasteiger partial charge in [0.15, 0.2) is 0 Å². The van der Waals surface area contributed by atoms with Crippen molar-refractivity contribution in [1.82, 2.24) is 19.8 Å². The third kappa shape index (κ3) is 15.0. The van der Waals surface area contributed by atoms with Crippen LogP contribution in [0.15, 0.2) is 29.2 Å². The van der Waals surface area contributed by atoms with Crippen molar-refractivity contribution < 1.29 is 46.2 Å². The summed E-state index contributed by atoms with van der Waals surface area (Å²) in [6, 6.07) is 5.30. The fraction of sp³-hybridized carbons (Fsp3) is 0.679. The van der Waals surface area contributed by atoms with Crippen molar-refractivity contribution >= 4 is 27.9 Å². The monoisotopic (exact) mass is 638 g/mol. The van der Waals surface area contributed by atoms with E-state index in [-0.39, 0.29) is 36.2 Å². The van der Waals surface area contributed by atoms with Crippen molar-refractivity contribution in [2.75, 3.05) is 45.8 Å². The number of carbonyl (C=O) groups is 3. The fourth-order valence-electron chi connectivity index (χ4n) is 4.36. The van der Waals surface area contributed by atoms with Crippen LogP contribution in [0.4, 0.5) is 13.2 Å². The minimum Gasteiger partial charge on any atom is -0.480 e. The van der Waals surface area contributed by atoms with Gasteiger partial charge in [-0.2, -0.15) is 17.5 Å². The van der Waals surface area contributed by atoms with Crippen LogP contribution in [0, 0.1) is 12.8 Å².